The molecule has 0 amide bonds. The predicted octanol–water partition coefficient (Wildman–Crippen LogP) is 4.40. The lowest BCUT2D eigenvalue weighted by molar-refractivity contribution is 0.309. The molecule has 3 rings (SSSR count). The second-order valence-electron chi connectivity index (χ2n) is 6.33. The van der Waals surface area contributed by atoms with E-state index in [-0.39, 0.29) is 24.0 Å². The molecule has 0 aliphatic heterocycles. The summed E-state index contributed by atoms with van der Waals surface area (Å²) in [7, 11) is 1.75. The number of benzene rings is 2. The number of hydrogen-bond donors (Lipinski definition) is 2. The highest BCUT2D eigenvalue weighted by Gasteiger charge is 2.07. The van der Waals surface area contributed by atoms with E-state index >= 15 is 0 Å². The quantitative estimate of drug-likeness (QED) is 0.205. The Balaban J connectivity index is 0.00000300. The molecule has 2 aromatic carbocycles. The minimum absolute atomic E-state index is 0. The summed E-state index contributed by atoms with van der Waals surface area (Å²) in [6, 6.07) is 17.9. The van der Waals surface area contributed by atoms with Crippen LogP contribution in [-0.4, -0.2) is 31.1 Å². The molecule has 0 aliphatic rings. The second-order valence-corrected chi connectivity index (χ2v) is 6.33. The highest BCUT2D eigenvalue weighted by atomic mass is 127. The van der Waals surface area contributed by atoms with Gasteiger partial charge < -0.3 is 19.8 Å². The van der Waals surface area contributed by atoms with Crippen LogP contribution in [0.2, 0.25) is 0 Å². The maximum atomic E-state index is 5.80. The van der Waals surface area contributed by atoms with E-state index in [9.17, 15) is 0 Å². The van der Waals surface area contributed by atoms with Crippen LogP contribution in [-0.2, 0) is 6.54 Å². The minimum atomic E-state index is 0. The molecular weight excluding hydrogens is 479 g/mol. The van der Waals surface area contributed by atoms with Crippen molar-refractivity contribution in [2.24, 2.45) is 4.99 Å². The van der Waals surface area contributed by atoms with E-state index in [2.05, 4.69) is 20.6 Å². The number of para-hydroxylation sites is 1. The van der Waals surface area contributed by atoms with Gasteiger partial charge in [0.1, 0.15) is 12.0 Å². The molecule has 0 saturated carbocycles. The Morgan fingerprint density at radius 2 is 1.83 bits per heavy atom. The molecule has 3 aromatic rings. The van der Waals surface area contributed by atoms with Gasteiger partial charge in [0.15, 0.2) is 5.96 Å². The van der Waals surface area contributed by atoms with Gasteiger partial charge >= 0.3 is 0 Å². The number of ether oxygens (including phenoxy) is 1. The van der Waals surface area contributed by atoms with E-state index in [4.69, 9.17) is 9.15 Å². The van der Waals surface area contributed by atoms with Crippen LogP contribution < -0.4 is 15.4 Å². The predicted molar refractivity (Wildman–Crippen MR) is 127 cm³/mol. The van der Waals surface area contributed by atoms with Gasteiger partial charge in [-0.05, 0) is 37.1 Å². The normalized spacial score (nSPS) is 10.9. The van der Waals surface area contributed by atoms with Gasteiger partial charge in [-0.1, -0.05) is 36.4 Å². The molecule has 2 N–H and O–H groups in total. The standard InChI is InChI=1S/C22H26N4O2.HI/c1-17-9-6-7-12-20(17)27-14-8-13-24-22(23-2)25-15-19-16-28-21(26-19)18-10-4-3-5-11-18;/h3-7,9-12,16H,8,13-15H2,1-2H3,(H2,23,24,25);1H. The molecule has 7 heteroatoms. The maximum absolute atomic E-state index is 5.80. The zero-order valence-corrected chi connectivity index (χ0v) is 19.1. The number of aromatic nitrogens is 1. The number of rotatable bonds is 8. The molecule has 0 radical (unpaired) electrons. The third-order valence-corrected chi connectivity index (χ3v) is 4.20. The fourth-order valence-electron chi connectivity index (χ4n) is 2.68. The fraction of sp³-hybridized carbons (Fsp3) is 0.273. The van der Waals surface area contributed by atoms with Gasteiger partial charge in [-0.15, -0.1) is 24.0 Å². The van der Waals surface area contributed by atoms with E-state index in [0.29, 0.717) is 19.0 Å². The third kappa shape index (κ3) is 7.08. The number of aliphatic imine (C=N–C) groups is 1. The molecule has 0 atom stereocenters. The van der Waals surface area contributed by atoms with E-state index < -0.39 is 0 Å². The molecule has 29 heavy (non-hydrogen) atoms. The summed E-state index contributed by atoms with van der Waals surface area (Å²) in [5, 5.41) is 6.52. The summed E-state index contributed by atoms with van der Waals surface area (Å²) in [6.45, 7) is 4.00. The van der Waals surface area contributed by atoms with Gasteiger partial charge in [0, 0.05) is 19.2 Å². The van der Waals surface area contributed by atoms with Crippen molar-refractivity contribution in [3.63, 3.8) is 0 Å². The van der Waals surface area contributed by atoms with Crippen LogP contribution in [0.15, 0.2) is 70.3 Å². The molecule has 0 saturated heterocycles. The van der Waals surface area contributed by atoms with Crippen molar-refractivity contribution in [1.82, 2.24) is 15.6 Å². The van der Waals surface area contributed by atoms with Gasteiger partial charge in [-0.25, -0.2) is 4.98 Å². The van der Waals surface area contributed by atoms with Crippen molar-refractivity contribution in [3.05, 3.63) is 72.1 Å². The minimum Gasteiger partial charge on any atom is -0.493 e. The summed E-state index contributed by atoms with van der Waals surface area (Å²) in [6.07, 6.45) is 2.54. The van der Waals surface area contributed by atoms with E-state index in [1.165, 1.54) is 0 Å². The number of oxazole rings is 1. The van der Waals surface area contributed by atoms with Crippen LogP contribution in [0.1, 0.15) is 17.7 Å². The van der Waals surface area contributed by atoms with Gasteiger partial charge in [0.25, 0.3) is 0 Å². The third-order valence-electron chi connectivity index (χ3n) is 4.20. The number of guanidine groups is 1. The molecule has 6 nitrogen and oxygen atoms in total. The van der Waals surface area contributed by atoms with Crippen molar-refractivity contribution < 1.29 is 9.15 Å². The largest absolute Gasteiger partial charge is 0.493 e. The Labute approximate surface area is 188 Å². The fourth-order valence-corrected chi connectivity index (χ4v) is 2.68. The zero-order chi connectivity index (χ0) is 19.6. The van der Waals surface area contributed by atoms with Gasteiger partial charge in [0.2, 0.25) is 5.89 Å². The van der Waals surface area contributed by atoms with Crippen LogP contribution in [0, 0.1) is 6.92 Å². The second kappa shape index (κ2) is 12.1. The number of aryl methyl sites for hydroxylation is 1. The zero-order valence-electron chi connectivity index (χ0n) is 16.7. The van der Waals surface area contributed by atoms with Crippen LogP contribution in [0.4, 0.5) is 0 Å². The number of hydrogen-bond acceptors (Lipinski definition) is 4. The summed E-state index contributed by atoms with van der Waals surface area (Å²) in [4.78, 5) is 8.74. The SMILES string of the molecule is CN=C(NCCCOc1ccccc1C)NCc1coc(-c2ccccc2)n1.I. The first-order valence-corrected chi connectivity index (χ1v) is 9.39. The van der Waals surface area contributed by atoms with Gasteiger partial charge in [0.05, 0.1) is 18.8 Å². The number of nitrogens with zero attached hydrogens (tertiary/aromatic N) is 2. The molecule has 1 heterocycles. The topological polar surface area (TPSA) is 71.7 Å². The maximum Gasteiger partial charge on any atom is 0.226 e. The average molecular weight is 506 g/mol. The average Bonchev–Trinajstić information content (AvgIpc) is 3.21. The Bertz CT molecular complexity index is 897. The highest BCUT2D eigenvalue weighted by Crippen LogP contribution is 2.18. The van der Waals surface area contributed by atoms with E-state index in [1.807, 2.05) is 61.5 Å². The highest BCUT2D eigenvalue weighted by molar-refractivity contribution is 14.0. The molecule has 0 spiro atoms. The van der Waals surface area contributed by atoms with Gasteiger partial charge in [-0.2, -0.15) is 0 Å². The van der Waals surface area contributed by atoms with Crippen LogP contribution in [0.5, 0.6) is 5.75 Å². The molecule has 0 fully saturated rings. The van der Waals surface area contributed by atoms with Crippen molar-refractivity contribution in [1.29, 1.82) is 0 Å². The summed E-state index contributed by atoms with van der Waals surface area (Å²) in [5.74, 6) is 2.28. The van der Waals surface area contributed by atoms with Crippen molar-refractivity contribution in [3.8, 4) is 17.2 Å². The first kappa shape index (κ1) is 22.7. The Kier molecular flexibility index (Phi) is 9.49. The first-order chi connectivity index (χ1) is 13.8. The molecular formula is C22H27IN4O2. The van der Waals surface area contributed by atoms with Crippen molar-refractivity contribution >= 4 is 29.9 Å². The summed E-state index contributed by atoms with van der Waals surface area (Å²) >= 11 is 0. The molecule has 1 aromatic heterocycles. The van der Waals surface area contributed by atoms with E-state index in [0.717, 1.165) is 41.5 Å². The lowest BCUT2D eigenvalue weighted by atomic mass is 10.2. The molecule has 0 unspecified atom stereocenters. The monoisotopic (exact) mass is 506 g/mol. The smallest absolute Gasteiger partial charge is 0.226 e. The Hall–Kier alpha value is -2.55. The molecule has 154 valence electrons. The Morgan fingerprint density at radius 1 is 1.07 bits per heavy atom. The van der Waals surface area contributed by atoms with Crippen LogP contribution in [0.3, 0.4) is 0 Å². The number of nitrogens with one attached hydrogen (secondary N) is 2. The van der Waals surface area contributed by atoms with Crippen molar-refractivity contribution in [2.75, 3.05) is 20.2 Å². The molecule has 0 bridgehead atoms. The van der Waals surface area contributed by atoms with Crippen LogP contribution in [0.25, 0.3) is 11.5 Å². The lowest BCUT2D eigenvalue weighted by Crippen LogP contribution is -2.37. The lowest BCUT2D eigenvalue weighted by Gasteiger charge is -2.12. The summed E-state index contributed by atoms with van der Waals surface area (Å²) in [5.41, 5.74) is 2.94. The Morgan fingerprint density at radius 3 is 2.59 bits per heavy atom. The van der Waals surface area contributed by atoms with Crippen molar-refractivity contribution in [2.45, 2.75) is 19.9 Å². The molecule has 0 aliphatic carbocycles. The summed E-state index contributed by atoms with van der Waals surface area (Å²) < 4.78 is 11.4. The first-order valence-electron chi connectivity index (χ1n) is 9.39. The number of halogens is 1. The van der Waals surface area contributed by atoms with Gasteiger partial charge in [-0.3, -0.25) is 4.99 Å². The van der Waals surface area contributed by atoms with E-state index in [1.54, 1.807) is 13.3 Å². The van der Waals surface area contributed by atoms with Crippen LogP contribution >= 0.6 is 24.0 Å².